The van der Waals surface area contributed by atoms with Crippen molar-refractivity contribution < 1.29 is 0 Å². The maximum absolute atomic E-state index is 12.2. The molecule has 0 atom stereocenters. The number of aliphatic imine (C=N–C) groups is 1. The first-order chi connectivity index (χ1) is 11.2. The lowest BCUT2D eigenvalue weighted by Gasteiger charge is -2.17. The molecule has 0 aliphatic carbocycles. The average molecular weight is 311 g/mol. The van der Waals surface area contributed by atoms with Gasteiger partial charge in [-0.1, -0.05) is 44.2 Å². The maximum Gasteiger partial charge on any atom is 0.253 e. The van der Waals surface area contributed by atoms with Crippen LogP contribution in [0.25, 0.3) is 0 Å². The lowest BCUT2D eigenvalue weighted by atomic mass is 10.1. The maximum atomic E-state index is 12.2. The summed E-state index contributed by atoms with van der Waals surface area (Å²) in [5.41, 5.74) is 1.82. The average Bonchev–Trinajstić information content (AvgIpc) is 2.56. The molecule has 0 unspecified atom stereocenters. The molecule has 0 aliphatic rings. The Labute approximate surface area is 137 Å². The molecule has 2 aromatic rings. The van der Waals surface area contributed by atoms with Crippen molar-refractivity contribution in [1.29, 1.82) is 0 Å². The highest BCUT2D eigenvalue weighted by atomic mass is 16.1. The third kappa shape index (κ3) is 5.40. The van der Waals surface area contributed by atoms with E-state index in [1.54, 1.807) is 0 Å². The van der Waals surface area contributed by atoms with E-state index in [2.05, 4.69) is 28.7 Å². The Hall–Kier alpha value is -2.36. The largest absolute Gasteiger partial charge is 0.363 e. The van der Waals surface area contributed by atoms with Crippen LogP contribution in [0.3, 0.4) is 0 Å². The number of aromatic nitrogens is 1. The molecule has 0 radical (unpaired) electrons. The van der Waals surface area contributed by atoms with Gasteiger partial charge in [0.2, 0.25) is 0 Å². The summed E-state index contributed by atoms with van der Waals surface area (Å²) in [5.74, 6) is 0.601. The van der Waals surface area contributed by atoms with Crippen molar-refractivity contribution >= 4 is 12.2 Å². The lowest BCUT2D eigenvalue weighted by molar-refractivity contribution is 0.428. The number of benzene rings is 1. The molecule has 1 aromatic heterocycles. The van der Waals surface area contributed by atoms with Gasteiger partial charge in [-0.3, -0.25) is 4.79 Å². The van der Waals surface area contributed by atoms with Crippen LogP contribution in [0.2, 0.25) is 0 Å². The molecule has 4 heteroatoms. The van der Waals surface area contributed by atoms with E-state index in [0.29, 0.717) is 12.2 Å². The lowest BCUT2D eigenvalue weighted by Crippen LogP contribution is -2.23. The minimum atomic E-state index is -0.0685. The fraction of sp³-hybridized carbons (Fsp3) is 0.368. The number of nitrogens with one attached hydrogen (secondary N) is 1. The molecule has 0 amide bonds. The highest BCUT2D eigenvalue weighted by Gasteiger charge is 2.02. The van der Waals surface area contributed by atoms with Crippen molar-refractivity contribution in [1.82, 2.24) is 9.88 Å². The number of pyridine rings is 1. The van der Waals surface area contributed by atoms with E-state index < -0.39 is 0 Å². The van der Waals surface area contributed by atoms with Crippen molar-refractivity contribution in [3.63, 3.8) is 0 Å². The molecule has 1 heterocycles. The van der Waals surface area contributed by atoms with Gasteiger partial charge in [0.05, 0.1) is 6.34 Å². The number of hydrogen-bond donors (Lipinski definition) is 1. The van der Waals surface area contributed by atoms with Crippen molar-refractivity contribution in [2.24, 2.45) is 4.99 Å². The predicted octanol–water partition coefficient (Wildman–Crippen LogP) is 3.75. The molecule has 0 bridgehead atoms. The third-order valence-electron chi connectivity index (χ3n) is 3.59. The van der Waals surface area contributed by atoms with E-state index in [4.69, 9.17) is 0 Å². The van der Waals surface area contributed by atoms with Crippen molar-refractivity contribution in [2.45, 2.75) is 33.1 Å². The van der Waals surface area contributed by atoms with Crippen LogP contribution in [0.4, 0.5) is 5.82 Å². The highest BCUT2D eigenvalue weighted by molar-refractivity contribution is 5.59. The first kappa shape index (κ1) is 17.0. The van der Waals surface area contributed by atoms with Crippen LogP contribution in [0.5, 0.6) is 0 Å². The van der Waals surface area contributed by atoms with Gasteiger partial charge in [-0.05, 0) is 30.5 Å². The first-order valence-electron chi connectivity index (χ1n) is 8.27. The molecule has 1 N–H and O–H groups in total. The summed E-state index contributed by atoms with van der Waals surface area (Å²) in [6.07, 6.45) is 4.63. The van der Waals surface area contributed by atoms with Gasteiger partial charge in [0.25, 0.3) is 5.56 Å². The standard InChI is InChI=1S/C19H25N3O/c1-3-12-22(13-4-2)15-20-18-11-10-17(19(23)21-18)14-16-8-6-5-7-9-16/h5-11,15H,3-4,12-14H2,1-2H3,(H,21,23)/b20-15+. The summed E-state index contributed by atoms with van der Waals surface area (Å²) in [6.45, 7) is 6.26. The second kappa shape index (κ2) is 8.93. The molecule has 2 rings (SSSR count). The molecular formula is C19H25N3O. The van der Waals surface area contributed by atoms with Gasteiger partial charge < -0.3 is 9.88 Å². The first-order valence-corrected chi connectivity index (χ1v) is 8.27. The zero-order chi connectivity index (χ0) is 16.5. The fourth-order valence-corrected chi connectivity index (χ4v) is 2.47. The molecular weight excluding hydrogens is 286 g/mol. The molecule has 0 saturated carbocycles. The molecule has 23 heavy (non-hydrogen) atoms. The minimum absolute atomic E-state index is 0.0685. The summed E-state index contributed by atoms with van der Waals surface area (Å²) < 4.78 is 0. The summed E-state index contributed by atoms with van der Waals surface area (Å²) >= 11 is 0. The van der Waals surface area contributed by atoms with Gasteiger partial charge in [0, 0.05) is 25.1 Å². The van der Waals surface area contributed by atoms with Crippen LogP contribution in [0.1, 0.15) is 37.8 Å². The Morgan fingerprint density at radius 1 is 1.04 bits per heavy atom. The number of nitrogens with zero attached hydrogens (tertiary/aromatic N) is 2. The van der Waals surface area contributed by atoms with Crippen LogP contribution >= 0.6 is 0 Å². The van der Waals surface area contributed by atoms with E-state index in [0.717, 1.165) is 37.1 Å². The van der Waals surface area contributed by atoms with Gasteiger partial charge in [0.15, 0.2) is 0 Å². The second-order valence-electron chi connectivity index (χ2n) is 5.64. The third-order valence-corrected chi connectivity index (χ3v) is 3.59. The smallest absolute Gasteiger partial charge is 0.253 e. The van der Waals surface area contributed by atoms with Gasteiger partial charge in [-0.15, -0.1) is 0 Å². The highest BCUT2D eigenvalue weighted by Crippen LogP contribution is 2.09. The van der Waals surface area contributed by atoms with Gasteiger partial charge in [-0.25, -0.2) is 4.99 Å². The normalized spacial score (nSPS) is 11.0. The van der Waals surface area contributed by atoms with Crippen LogP contribution < -0.4 is 5.56 Å². The van der Waals surface area contributed by atoms with E-state index in [1.807, 2.05) is 48.8 Å². The quantitative estimate of drug-likeness (QED) is 0.596. The summed E-state index contributed by atoms with van der Waals surface area (Å²) in [4.78, 5) is 21.6. The van der Waals surface area contributed by atoms with Crippen molar-refractivity contribution in [3.05, 3.63) is 63.9 Å². The van der Waals surface area contributed by atoms with Crippen LogP contribution in [-0.4, -0.2) is 29.3 Å². The predicted molar refractivity (Wildman–Crippen MR) is 96.6 cm³/mol. The van der Waals surface area contributed by atoms with Crippen molar-refractivity contribution in [2.75, 3.05) is 13.1 Å². The Balaban J connectivity index is 2.08. The fourth-order valence-electron chi connectivity index (χ4n) is 2.47. The van der Waals surface area contributed by atoms with E-state index >= 15 is 0 Å². The molecule has 122 valence electrons. The topological polar surface area (TPSA) is 48.5 Å². The van der Waals surface area contributed by atoms with Crippen molar-refractivity contribution in [3.8, 4) is 0 Å². The Kier molecular flexibility index (Phi) is 6.60. The van der Waals surface area contributed by atoms with Gasteiger partial charge in [-0.2, -0.15) is 0 Å². The molecule has 0 fully saturated rings. The van der Waals surface area contributed by atoms with Crippen LogP contribution in [0.15, 0.2) is 52.3 Å². The van der Waals surface area contributed by atoms with E-state index in [9.17, 15) is 4.79 Å². The number of hydrogen-bond acceptors (Lipinski definition) is 2. The number of rotatable bonds is 8. The Morgan fingerprint density at radius 2 is 1.74 bits per heavy atom. The zero-order valence-corrected chi connectivity index (χ0v) is 14.0. The van der Waals surface area contributed by atoms with E-state index in [1.165, 1.54) is 0 Å². The molecule has 4 nitrogen and oxygen atoms in total. The number of aromatic amines is 1. The monoisotopic (exact) mass is 311 g/mol. The molecule has 1 aromatic carbocycles. The summed E-state index contributed by atoms with van der Waals surface area (Å²) in [6, 6.07) is 13.7. The van der Waals surface area contributed by atoms with Gasteiger partial charge >= 0.3 is 0 Å². The molecule has 0 saturated heterocycles. The van der Waals surface area contributed by atoms with Crippen LogP contribution in [0, 0.1) is 0 Å². The van der Waals surface area contributed by atoms with Gasteiger partial charge in [0.1, 0.15) is 5.82 Å². The Bertz CT molecular complexity index is 671. The SMILES string of the molecule is CCCN(/C=N/c1ccc(Cc2ccccc2)c(=O)[nH]1)CCC. The molecule has 0 spiro atoms. The number of H-pyrrole nitrogens is 1. The summed E-state index contributed by atoms with van der Waals surface area (Å²) in [5, 5.41) is 0. The Morgan fingerprint density at radius 3 is 2.35 bits per heavy atom. The molecule has 0 aliphatic heterocycles. The second-order valence-corrected chi connectivity index (χ2v) is 5.64. The zero-order valence-electron chi connectivity index (χ0n) is 14.0. The minimum Gasteiger partial charge on any atom is -0.363 e. The van der Waals surface area contributed by atoms with Crippen LogP contribution in [-0.2, 0) is 6.42 Å². The van der Waals surface area contributed by atoms with E-state index in [-0.39, 0.29) is 5.56 Å². The summed E-state index contributed by atoms with van der Waals surface area (Å²) in [7, 11) is 0.